The molecule has 3 aliphatic rings. The Morgan fingerprint density at radius 2 is 1.26 bits per heavy atom. The number of hydrazine groups is 1. The molecule has 5 nitrogen and oxygen atoms in total. The maximum absolute atomic E-state index is 2.77. The minimum absolute atomic E-state index is 0.717. The maximum atomic E-state index is 2.77. The fourth-order valence-electron chi connectivity index (χ4n) is 4.46. The van der Waals surface area contributed by atoms with Crippen molar-refractivity contribution in [1.82, 2.24) is 24.7 Å². The van der Waals surface area contributed by atoms with E-state index in [2.05, 4.69) is 45.5 Å². The van der Waals surface area contributed by atoms with E-state index in [1.165, 1.54) is 84.8 Å². The lowest BCUT2D eigenvalue weighted by molar-refractivity contribution is -0.0889. The van der Waals surface area contributed by atoms with Crippen LogP contribution in [0.5, 0.6) is 0 Å². The molecule has 0 spiro atoms. The second-order valence-electron chi connectivity index (χ2n) is 7.74. The fourth-order valence-corrected chi connectivity index (χ4v) is 4.46. The molecule has 3 saturated heterocycles. The van der Waals surface area contributed by atoms with Gasteiger partial charge in [0, 0.05) is 64.4 Å². The predicted molar refractivity (Wildman–Crippen MR) is 96.6 cm³/mol. The molecule has 3 heterocycles. The van der Waals surface area contributed by atoms with Gasteiger partial charge in [-0.1, -0.05) is 6.92 Å². The Morgan fingerprint density at radius 1 is 0.739 bits per heavy atom. The highest BCUT2D eigenvalue weighted by atomic mass is 15.6. The van der Waals surface area contributed by atoms with Gasteiger partial charge in [-0.2, -0.15) is 0 Å². The monoisotopic (exact) mass is 323 g/mol. The van der Waals surface area contributed by atoms with E-state index in [9.17, 15) is 0 Å². The number of piperazine rings is 2. The summed E-state index contributed by atoms with van der Waals surface area (Å²) >= 11 is 0. The smallest absolute Gasteiger partial charge is 0.0261 e. The molecule has 23 heavy (non-hydrogen) atoms. The summed E-state index contributed by atoms with van der Waals surface area (Å²) in [7, 11) is 0. The molecular weight excluding hydrogens is 286 g/mol. The first-order valence-corrected chi connectivity index (χ1v) is 9.87. The molecule has 0 saturated carbocycles. The van der Waals surface area contributed by atoms with Crippen LogP contribution in [0.4, 0.5) is 0 Å². The number of nitrogens with zero attached hydrogens (tertiary/aromatic N) is 5. The van der Waals surface area contributed by atoms with Crippen molar-refractivity contribution in [1.29, 1.82) is 0 Å². The molecule has 3 rings (SSSR count). The van der Waals surface area contributed by atoms with E-state index in [1.54, 1.807) is 0 Å². The van der Waals surface area contributed by atoms with Gasteiger partial charge in [-0.15, -0.1) is 0 Å². The first kappa shape index (κ1) is 17.6. The van der Waals surface area contributed by atoms with Gasteiger partial charge in [0.05, 0.1) is 0 Å². The molecule has 0 aromatic carbocycles. The number of likely N-dealkylation sites (N-methyl/N-ethyl adjacent to an activating group) is 1. The third-order valence-corrected chi connectivity index (χ3v) is 6.23. The van der Waals surface area contributed by atoms with Gasteiger partial charge in [0.15, 0.2) is 0 Å². The summed E-state index contributed by atoms with van der Waals surface area (Å²) in [4.78, 5) is 7.98. The van der Waals surface area contributed by atoms with E-state index in [-0.39, 0.29) is 0 Å². The van der Waals surface area contributed by atoms with Gasteiger partial charge < -0.3 is 9.80 Å². The van der Waals surface area contributed by atoms with E-state index in [1.807, 2.05) is 0 Å². The standard InChI is InChI=1S/C18H37N5/c1-4-19-9-13-22(14-10-19)23-15-11-21(12-16-23)18-5-7-20(8-6-18)17(2)3/h17-18H,4-16H2,1-3H3. The molecule has 134 valence electrons. The van der Waals surface area contributed by atoms with Crippen molar-refractivity contribution in [3.8, 4) is 0 Å². The number of piperidine rings is 1. The molecule has 0 bridgehead atoms. The molecule has 3 aliphatic heterocycles. The summed E-state index contributed by atoms with van der Waals surface area (Å²) in [6.45, 7) is 20.7. The summed E-state index contributed by atoms with van der Waals surface area (Å²) in [5.41, 5.74) is 0. The van der Waals surface area contributed by atoms with Crippen molar-refractivity contribution in [2.45, 2.75) is 45.7 Å². The zero-order valence-corrected chi connectivity index (χ0v) is 15.6. The van der Waals surface area contributed by atoms with Gasteiger partial charge in [0.25, 0.3) is 0 Å². The van der Waals surface area contributed by atoms with Crippen molar-refractivity contribution >= 4 is 0 Å². The van der Waals surface area contributed by atoms with Crippen LogP contribution in [-0.2, 0) is 0 Å². The number of rotatable bonds is 4. The summed E-state index contributed by atoms with van der Waals surface area (Å²) in [5, 5.41) is 5.25. The SMILES string of the molecule is CCN1CCN(N2CCN(C3CCN(C(C)C)CC3)CC2)CC1. The quantitative estimate of drug-likeness (QED) is 0.766. The third-order valence-electron chi connectivity index (χ3n) is 6.23. The second-order valence-corrected chi connectivity index (χ2v) is 7.74. The fraction of sp³-hybridized carbons (Fsp3) is 1.00. The number of hydrogen-bond donors (Lipinski definition) is 0. The highest BCUT2D eigenvalue weighted by Crippen LogP contribution is 2.20. The van der Waals surface area contributed by atoms with Crippen LogP contribution in [0.25, 0.3) is 0 Å². The van der Waals surface area contributed by atoms with Crippen LogP contribution < -0.4 is 0 Å². The Balaban J connectivity index is 1.39. The Hall–Kier alpha value is -0.200. The van der Waals surface area contributed by atoms with Crippen molar-refractivity contribution in [3.63, 3.8) is 0 Å². The van der Waals surface area contributed by atoms with Gasteiger partial charge in [0.2, 0.25) is 0 Å². The van der Waals surface area contributed by atoms with Crippen LogP contribution in [0.15, 0.2) is 0 Å². The lowest BCUT2D eigenvalue weighted by Gasteiger charge is -2.47. The van der Waals surface area contributed by atoms with Crippen molar-refractivity contribution in [3.05, 3.63) is 0 Å². The summed E-state index contributed by atoms with van der Waals surface area (Å²) < 4.78 is 0. The first-order chi connectivity index (χ1) is 11.2. The molecule has 3 fully saturated rings. The summed E-state index contributed by atoms with van der Waals surface area (Å²) in [5.74, 6) is 0. The van der Waals surface area contributed by atoms with E-state index in [4.69, 9.17) is 0 Å². The normalized spacial score (nSPS) is 28.7. The largest absolute Gasteiger partial charge is 0.301 e. The summed E-state index contributed by atoms with van der Waals surface area (Å²) in [6.07, 6.45) is 2.74. The third kappa shape index (κ3) is 4.45. The zero-order chi connectivity index (χ0) is 16.2. The number of likely N-dealkylation sites (tertiary alicyclic amines) is 1. The minimum Gasteiger partial charge on any atom is -0.301 e. The Kier molecular flexibility index (Phi) is 6.32. The van der Waals surface area contributed by atoms with Crippen molar-refractivity contribution in [2.75, 3.05) is 72.0 Å². The van der Waals surface area contributed by atoms with E-state index >= 15 is 0 Å². The maximum Gasteiger partial charge on any atom is 0.0261 e. The van der Waals surface area contributed by atoms with Gasteiger partial charge in [0.1, 0.15) is 0 Å². The van der Waals surface area contributed by atoms with Crippen LogP contribution in [0.1, 0.15) is 33.6 Å². The van der Waals surface area contributed by atoms with Crippen molar-refractivity contribution < 1.29 is 0 Å². The molecule has 0 atom stereocenters. The topological polar surface area (TPSA) is 16.2 Å². The molecule has 0 aromatic rings. The Bertz CT molecular complexity index is 337. The summed E-state index contributed by atoms with van der Waals surface area (Å²) in [6, 6.07) is 1.55. The highest BCUT2D eigenvalue weighted by molar-refractivity contribution is 4.84. The first-order valence-electron chi connectivity index (χ1n) is 9.87. The van der Waals surface area contributed by atoms with E-state index in [0.717, 1.165) is 12.1 Å². The van der Waals surface area contributed by atoms with Crippen LogP contribution >= 0.6 is 0 Å². The van der Waals surface area contributed by atoms with Crippen LogP contribution in [-0.4, -0.2) is 109 Å². The molecule has 0 radical (unpaired) electrons. The van der Waals surface area contributed by atoms with Crippen LogP contribution in [0.3, 0.4) is 0 Å². The molecule has 0 aliphatic carbocycles. The van der Waals surface area contributed by atoms with E-state index < -0.39 is 0 Å². The van der Waals surface area contributed by atoms with Gasteiger partial charge in [-0.3, -0.25) is 4.90 Å². The molecule has 0 N–H and O–H groups in total. The van der Waals surface area contributed by atoms with Gasteiger partial charge in [-0.25, -0.2) is 10.0 Å². The van der Waals surface area contributed by atoms with Gasteiger partial charge >= 0.3 is 0 Å². The number of hydrogen-bond acceptors (Lipinski definition) is 5. The average Bonchev–Trinajstić information content (AvgIpc) is 2.62. The average molecular weight is 324 g/mol. The predicted octanol–water partition coefficient (Wildman–Crippen LogP) is 1.03. The molecule has 0 amide bonds. The zero-order valence-electron chi connectivity index (χ0n) is 15.6. The second kappa shape index (κ2) is 8.26. The lowest BCUT2D eigenvalue weighted by atomic mass is 10.0. The lowest BCUT2D eigenvalue weighted by Crippen LogP contribution is -2.60. The molecule has 0 unspecified atom stereocenters. The molecule has 5 heteroatoms. The van der Waals surface area contributed by atoms with Crippen LogP contribution in [0, 0.1) is 0 Å². The molecule has 0 aromatic heterocycles. The Labute approximate surface area is 143 Å². The van der Waals surface area contributed by atoms with Gasteiger partial charge in [-0.05, 0) is 46.3 Å². The van der Waals surface area contributed by atoms with Crippen molar-refractivity contribution in [2.24, 2.45) is 0 Å². The Morgan fingerprint density at radius 3 is 1.74 bits per heavy atom. The minimum atomic E-state index is 0.717. The molecular formula is C18H37N5. The van der Waals surface area contributed by atoms with Crippen LogP contribution in [0.2, 0.25) is 0 Å². The van der Waals surface area contributed by atoms with E-state index in [0.29, 0.717) is 0 Å². The highest BCUT2D eigenvalue weighted by Gasteiger charge is 2.30.